The van der Waals surface area contributed by atoms with Crippen molar-refractivity contribution in [1.82, 2.24) is 5.43 Å². The second-order valence-electron chi connectivity index (χ2n) is 1.78. The van der Waals surface area contributed by atoms with Crippen LogP contribution in [0.15, 0.2) is 29.1 Å². The SMILES string of the molecule is c1ccc2c(c1)[N]N=P2. The Morgan fingerprint density at radius 3 is 3.00 bits per heavy atom. The monoisotopic (exact) mass is 135 g/mol. The maximum absolute atomic E-state index is 3.91. The van der Waals surface area contributed by atoms with Gasteiger partial charge >= 0.3 is 0 Å². The second-order valence-corrected chi connectivity index (χ2v) is 2.64. The fraction of sp³-hybridized carbons (Fsp3) is 0. The van der Waals surface area contributed by atoms with E-state index in [4.69, 9.17) is 0 Å². The molecule has 0 fully saturated rings. The van der Waals surface area contributed by atoms with E-state index in [0.717, 1.165) is 14.1 Å². The average molecular weight is 135 g/mol. The lowest BCUT2D eigenvalue weighted by Crippen LogP contribution is -1.92. The fourth-order valence-corrected chi connectivity index (χ4v) is 1.36. The van der Waals surface area contributed by atoms with E-state index in [2.05, 4.69) is 10.3 Å². The highest BCUT2D eigenvalue weighted by molar-refractivity contribution is 7.37. The van der Waals surface area contributed by atoms with Gasteiger partial charge < -0.3 is 0 Å². The summed E-state index contributed by atoms with van der Waals surface area (Å²) in [6.07, 6.45) is 0. The van der Waals surface area contributed by atoms with Crippen LogP contribution in [0.1, 0.15) is 0 Å². The van der Waals surface area contributed by atoms with E-state index in [1.165, 1.54) is 5.30 Å². The number of hydrogen-bond donors (Lipinski definition) is 0. The first-order chi connectivity index (χ1) is 4.47. The van der Waals surface area contributed by atoms with Gasteiger partial charge in [0, 0.05) is 0 Å². The molecule has 0 aliphatic carbocycles. The summed E-state index contributed by atoms with van der Waals surface area (Å²) in [6.45, 7) is 0. The lowest BCUT2D eigenvalue weighted by atomic mass is 10.3. The van der Waals surface area contributed by atoms with Gasteiger partial charge in [-0.15, -0.1) is 10.3 Å². The predicted octanol–water partition coefficient (Wildman–Crippen LogP) is 1.61. The highest BCUT2D eigenvalue weighted by Gasteiger charge is 2.04. The fourth-order valence-electron chi connectivity index (χ4n) is 0.752. The standard InChI is InChI=1S/C6H4N2P/c1-2-4-6-5(3-1)7-8-9-6/h1-4H. The van der Waals surface area contributed by atoms with Crippen molar-refractivity contribution in [2.24, 2.45) is 4.85 Å². The Morgan fingerprint density at radius 1 is 1.22 bits per heavy atom. The molecular weight excluding hydrogens is 131 g/mol. The molecule has 1 aliphatic heterocycles. The van der Waals surface area contributed by atoms with E-state index in [1.54, 1.807) is 0 Å². The quantitative estimate of drug-likeness (QED) is 0.483. The molecule has 0 atom stereocenters. The molecule has 0 N–H and O–H groups in total. The summed E-state index contributed by atoms with van der Waals surface area (Å²) in [5.41, 5.74) is 4.93. The van der Waals surface area contributed by atoms with Gasteiger partial charge in [0.15, 0.2) is 0 Å². The Labute approximate surface area is 54.8 Å². The Kier molecular flexibility index (Phi) is 0.998. The summed E-state index contributed by atoms with van der Waals surface area (Å²) in [4.78, 5) is 3.85. The average Bonchev–Trinajstić information content (AvgIpc) is 2.33. The van der Waals surface area contributed by atoms with Crippen molar-refractivity contribution in [3.8, 4) is 0 Å². The molecule has 0 spiro atoms. The minimum atomic E-state index is 0.982. The van der Waals surface area contributed by atoms with Gasteiger partial charge in [-0.25, -0.2) is 0 Å². The van der Waals surface area contributed by atoms with Crippen LogP contribution < -0.4 is 10.7 Å². The van der Waals surface area contributed by atoms with Gasteiger partial charge in [0.2, 0.25) is 0 Å². The molecule has 0 bridgehead atoms. The van der Waals surface area contributed by atoms with Gasteiger partial charge in [0.25, 0.3) is 0 Å². The highest BCUT2D eigenvalue weighted by atomic mass is 31.1. The number of fused-ring (bicyclic) bond motifs is 1. The third-order valence-corrected chi connectivity index (χ3v) is 1.96. The van der Waals surface area contributed by atoms with Crippen molar-refractivity contribution in [3.05, 3.63) is 24.3 Å². The van der Waals surface area contributed by atoms with Crippen molar-refractivity contribution in [3.63, 3.8) is 0 Å². The minimum Gasteiger partial charge on any atom is -0.146 e. The molecule has 1 heterocycles. The Hall–Kier alpha value is -0.880. The molecule has 1 aromatic carbocycles. The van der Waals surface area contributed by atoms with Crippen molar-refractivity contribution < 1.29 is 0 Å². The van der Waals surface area contributed by atoms with Crippen LogP contribution in [-0.4, -0.2) is 0 Å². The molecule has 0 unspecified atom stereocenters. The van der Waals surface area contributed by atoms with Crippen LogP contribution in [0, 0.1) is 0 Å². The third kappa shape index (κ3) is 0.718. The molecule has 0 amide bonds. The smallest absolute Gasteiger partial charge is 0.0994 e. The van der Waals surface area contributed by atoms with Crippen LogP contribution in [0.3, 0.4) is 0 Å². The first kappa shape index (κ1) is 4.95. The molecule has 1 aliphatic rings. The molecule has 2 nitrogen and oxygen atoms in total. The molecule has 0 saturated carbocycles. The van der Waals surface area contributed by atoms with Gasteiger partial charge in [0.05, 0.1) is 19.4 Å². The lowest BCUT2D eigenvalue weighted by Gasteiger charge is -1.88. The molecule has 43 valence electrons. The zero-order valence-corrected chi connectivity index (χ0v) is 5.55. The summed E-state index contributed by atoms with van der Waals surface area (Å²) < 4.78 is 0. The first-order valence-corrected chi connectivity index (χ1v) is 3.52. The number of nitrogens with zero attached hydrogens (tertiary/aromatic N) is 2. The maximum Gasteiger partial charge on any atom is 0.0994 e. The summed E-state index contributed by atoms with van der Waals surface area (Å²) in [5, 5.41) is 1.21. The van der Waals surface area contributed by atoms with Crippen LogP contribution in [0.5, 0.6) is 0 Å². The molecule has 2 rings (SSSR count). The summed E-state index contributed by atoms with van der Waals surface area (Å²) in [7, 11) is 0.982. The Morgan fingerprint density at radius 2 is 2.11 bits per heavy atom. The molecule has 1 radical (unpaired) electrons. The summed E-state index contributed by atoms with van der Waals surface area (Å²) in [5.74, 6) is 0. The van der Waals surface area contributed by atoms with Crippen LogP contribution in [0.2, 0.25) is 0 Å². The number of benzene rings is 1. The zero-order chi connectivity index (χ0) is 6.10. The minimum absolute atomic E-state index is 0.982. The van der Waals surface area contributed by atoms with E-state index in [-0.39, 0.29) is 0 Å². The van der Waals surface area contributed by atoms with Gasteiger partial charge in [-0.2, -0.15) is 0 Å². The molecule has 3 heteroatoms. The van der Waals surface area contributed by atoms with Crippen LogP contribution in [0.25, 0.3) is 0 Å². The Balaban J connectivity index is 2.63. The van der Waals surface area contributed by atoms with Crippen molar-refractivity contribution in [2.45, 2.75) is 0 Å². The van der Waals surface area contributed by atoms with Gasteiger partial charge in [-0.1, -0.05) is 12.1 Å². The van der Waals surface area contributed by atoms with Crippen LogP contribution in [-0.2, 0) is 0 Å². The molecule has 9 heavy (non-hydrogen) atoms. The lowest BCUT2D eigenvalue weighted by molar-refractivity contribution is 1.00. The number of hydrogen-bond acceptors (Lipinski definition) is 1. The highest BCUT2D eigenvalue weighted by Crippen LogP contribution is 2.18. The molecular formula is C6H4N2P. The summed E-state index contributed by atoms with van der Waals surface area (Å²) >= 11 is 0. The van der Waals surface area contributed by atoms with Crippen molar-refractivity contribution >= 4 is 19.4 Å². The van der Waals surface area contributed by atoms with Gasteiger partial charge in [-0.05, 0) is 12.1 Å². The van der Waals surface area contributed by atoms with E-state index >= 15 is 0 Å². The normalized spacial score (nSPS) is 14.7. The molecule has 0 saturated heterocycles. The maximum atomic E-state index is 3.91. The van der Waals surface area contributed by atoms with E-state index < -0.39 is 0 Å². The predicted molar refractivity (Wildman–Crippen MR) is 37.2 cm³/mol. The third-order valence-electron chi connectivity index (χ3n) is 1.19. The van der Waals surface area contributed by atoms with Crippen molar-refractivity contribution in [1.29, 1.82) is 0 Å². The van der Waals surface area contributed by atoms with E-state index in [9.17, 15) is 0 Å². The van der Waals surface area contributed by atoms with E-state index in [1.807, 2.05) is 24.3 Å². The van der Waals surface area contributed by atoms with Crippen LogP contribution in [0.4, 0.5) is 5.69 Å². The van der Waals surface area contributed by atoms with E-state index in [0.29, 0.717) is 0 Å². The van der Waals surface area contributed by atoms with Gasteiger partial charge in [-0.3, -0.25) is 0 Å². The second kappa shape index (κ2) is 1.82. The van der Waals surface area contributed by atoms with Crippen molar-refractivity contribution in [2.75, 3.05) is 0 Å². The largest absolute Gasteiger partial charge is 0.146 e. The zero-order valence-electron chi connectivity index (χ0n) is 4.65. The molecule has 1 aromatic rings. The summed E-state index contributed by atoms with van der Waals surface area (Å²) in [6, 6.07) is 7.98. The first-order valence-electron chi connectivity index (χ1n) is 2.67. The van der Waals surface area contributed by atoms with Crippen LogP contribution >= 0.6 is 8.37 Å². The molecule has 0 aromatic heterocycles. The van der Waals surface area contributed by atoms with Gasteiger partial charge in [0.1, 0.15) is 0 Å². The number of rotatable bonds is 0. The topological polar surface area (TPSA) is 26.5 Å². The Bertz CT molecular complexity index is 257.